The monoisotopic (exact) mass is 392 g/mol. The van der Waals surface area contributed by atoms with Gasteiger partial charge in [0.05, 0.1) is 10.6 Å². The summed E-state index contributed by atoms with van der Waals surface area (Å²) in [5, 5.41) is 9.12. The Labute approximate surface area is 146 Å². The number of nitrogens with zero attached hydrogens (tertiary/aromatic N) is 3. The molecule has 0 aliphatic rings. The molecule has 1 amide bonds. The first-order valence-corrected chi connectivity index (χ1v) is 8.51. The summed E-state index contributed by atoms with van der Waals surface area (Å²) in [6.07, 6.45) is -4.70. The zero-order valence-corrected chi connectivity index (χ0v) is 14.3. The lowest BCUT2D eigenvalue weighted by molar-refractivity contribution is -0.143. The molecule has 5 nitrogen and oxygen atoms in total. The van der Waals surface area contributed by atoms with E-state index in [1.807, 2.05) is 17.5 Å². The van der Waals surface area contributed by atoms with Gasteiger partial charge >= 0.3 is 6.18 Å². The van der Waals surface area contributed by atoms with Gasteiger partial charge in [0.2, 0.25) is 0 Å². The lowest BCUT2D eigenvalue weighted by atomic mass is 10.3. The third kappa shape index (κ3) is 3.17. The number of thiophene rings is 1. The van der Waals surface area contributed by atoms with Crippen molar-refractivity contribution in [2.45, 2.75) is 6.18 Å². The summed E-state index contributed by atoms with van der Waals surface area (Å²) < 4.78 is 39.2. The first-order chi connectivity index (χ1) is 11.3. The van der Waals surface area contributed by atoms with Crippen LogP contribution in [0.1, 0.15) is 16.2 Å². The van der Waals surface area contributed by atoms with Crippen molar-refractivity contribution >= 4 is 45.3 Å². The molecule has 0 atom stereocenters. The van der Waals surface area contributed by atoms with Gasteiger partial charge in [0.15, 0.2) is 16.5 Å². The van der Waals surface area contributed by atoms with Crippen LogP contribution in [-0.4, -0.2) is 20.7 Å². The molecule has 3 aromatic heterocycles. The molecule has 24 heavy (non-hydrogen) atoms. The van der Waals surface area contributed by atoms with E-state index in [-0.39, 0.29) is 5.13 Å². The van der Waals surface area contributed by atoms with Crippen LogP contribution in [-0.2, 0) is 13.2 Å². The largest absolute Gasteiger partial charge is 0.434 e. The minimum Gasteiger partial charge on any atom is -0.296 e. The summed E-state index contributed by atoms with van der Waals surface area (Å²) in [6, 6.07) is 3.74. The first kappa shape index (κ1) is 16.9. The van der Waals surface area contributed by atoms with Crippen LogP contribution in [0.25, 0.3) is 10.6 Å². The van der Waals surface area contributed by atoms with Crippen LogP contribution in [0.4, 0.5) is 18.3 Å². The third-order valence-electron chi connectivity index (χ3n) is 2.97. The summed E-state index contributed by atoms with van der Waals surface area (Å²) in [6.45, 7) is 0. The lowest BCUT2D eigenvalue weighted by Crippen LogP contribution is -2.13. The van der Waals surface area contributed by atoms with E-state index in [0.29, 0.717) is 10.4 Å². The Morgan fingerprint density at radius 1 is 1.38 bits per heavy atom. The summed E-state index contributed by atoms with van der Waals surface area (Å²) in [4.78, 5) is 17.3. The number of hydrogen-bond acceptors (Lipinski definition) is 5. The molecule has 3 aromatic rings. The molecule has 0 radical (unpaired) electrons. The van der Waals surface area contributed by atoms with Crippen LogP contribution in [0, 0.1) is 0 Å². The number of carbonyl (C=O) groups is 1. The number of aryl methyl sites for hydroxylation is 1. The number of alkyl halides is 3. The van der Waals surface area contributed by atoms with E-state index in [2.05, 4.69) is 15.4 Å². The summed E-state index contributed by atoms with van der Waals surface area (Å²) in [7, 11) is 1.07. The van der Waals surface area contributed by atoms with Crippen molar-refractivity contribution in [3.05, 3.63) is 39.3 Å². The standard InChI is InChI=1S/C13H8ClF3N4OS2/c1-21-10(13(15,16)17)8(14)9(20-21)11(22)19-12-18-6(5-24-12)7-3-2-4-23-7/h2-5H,1H3,(H,18,19,22). The highest BCUT2D eigenvalue weighted by Crippen LogP contribution is 2.36. The second-order valence-electron chi connectivity index (χ2n) is 4.60. The van der Waals surface area contributed by atoms with Gasteiger partial charge in [0, 0.05) is 12.4 Å². The number of aromatic nitrogens is 3. The van der Waals surface area contributed by atoms with Crippen LogP contribution in [0.15, 0.2) is 22.9 Å². The second kappa shape index (κ2) is 6.19. The molecule has 0 bridgehead atoms. The van der Waals surface area contributed by atoms with Gasteiger partial charge in [0.25, 0.3) is 5.91 Å². The number of carbonyl (C=O) groups excluding carboxylic acids is 1. The highest BCUT2D eigenvalue weighted by Gasteiger charge is 2.40. The average Bonchev–Trinajstić information content (AvgIpc) is 3.17. The van der Waals surface area contributed by atoms with Gasteiger partial charge in [-0.05, 0) is 11.4 Å². The fourth-order valence-corrected chi connectivity index (χ4v) is 3.80. The molecule has 0 spiro atoms. The van der Waals surface area contributed by atoms with Crippen LogP contribution in [0.2, 0.25) is 5.02 Å². The smallest absolute Gasteiger partial charge is 0.296 e. The maximum absolute atomic E-state index is 12.9. The summed E-state index contributed by atoms with van der Waals surface area (Å²) in [5.74, 6) is -0.849. The molecule has 3 heterocycles. The van der Waals surface area contributed by atoms with Gasteiger partial charge < -0.3 is 0 Å². The van der Waals surface area contributed by atoms with Crippen molar-refractivity contribution in [3.63, 3.8) is 0 Å². The molecule has 0 unspecified atom stereocenters. The second-order valence-corrected chi connectivity index (χ2v) is 6.79. The normalized spacial score (nSPS) is 11.7. The van der Waals surface area contributed by atoms with Crippen LogP contribution >= 0.6 is 34.3 Å². The molecular weight excluding hydrogens is 385 g/mol. The van der Waals surface area contributed by atoms with Crippen molar-refractivity contribution in [3.8, 4) is 10.6 Å². The van der Waals surface area contributed by atoms with Crippen molar-refractivity contribution in [1.82, 2.24) is 14.8 Å². The van der Waals surface area contributed by atoms with E-state index in [1.54, 1.807) is 5.38 Å². The minimum absolute atomic E-state index is 0.249. The van der Waals surface area contributed by atoms with Crippen molar-refractivity contribution < 1.29 is 18.0 Å². The van der Waals surface area contributed by atoms with E-state index in [9.17, 15) is 18.0 Å². The molecule has 0 aliphatic heterocycles. The zero-order chi connectivity index (χ0) is 17.5. The number of nitrogens with one attached hydrogen (secondary N) is 1. The third-order valence-corrected chi connectivity index (χ3v) is 4.98. The number of anilines is 1. The highest BCUT2D eigenvalue weighted by molar-refractivity contribution is 7.16. The van der Waals surface area contributed by atoms with E-state index >= 15 is 0 Å². The Kier molecular flexibility index (Phi) is 4.37. The number of rotatable bonds is 3. The topological polar surface area (TPSA) is 59.8 Å². The summed E-state index contributed by atoms with van der Waals surface area (Å²) in [5.41, 5.74) is -1.000. The Bertz CT molecular complexity index is 886. The number of amides is 1. The molecule has 126 valence electrons. The first-order valence-electron chi connectivity index (χ1n) is 6.38. The number of thiazole rings is 1. The molecule has 0 saturated carbocycles. The maximum Gasteiger partial charge on any atom is 0.434 e. The van der Waals surface area contributed by atoms with Crippen molar-refractivity contribution in [2.24, 2.45) is 7.05 Å². The molecule has 0 saturated heterocycles. The SMILES string of the molecule is Cn1nc(C(=O)Nc2nc(-c3cccs3)cs2)c(Cl)c1C(F)(F)F. The highest BCUT2D eigenvalue weighted by atomic mass is 35.5. The van der Waals surface area contributed by atoms with E-state index in [4.69, 9.17) is 11.6 Å². The predicted octanol–water partition coefficient (Wildman–Crippen LogP) is 4.53. The van der Waals surface area contributed by atoms with Gasteiger partial charge in [0.1, 0.15) is 5.02 Å². The predicted molar refractivity (Wildman–Crippen MR) is 86.6 cm³/mol. The molecular formula is C13H8ClF3N4OS2. The Balaban J connectivity index is 1.84. The molecule has 11 heteroatoms. The Morgan fingerprint density at radius 2 is 2.12 bits per heavy atom. The van der Waals surface area contributed by atoms with Gasteiger partial charge in [-0.25, -0.2) is 4.98 Å². The van der Waals surface area contributed by atoms with Crippen LogP contribution in [0.3, 0.4) is 0 Å². The fourth-order valence-electron chi connectivity index (χ4n) is 1.98. The van der Waals surface area contributed by atoms with Crippen molar-refractivity contribution in [1.29, 1.82) is 0 Å². The van der Waals surface area contributed by atoms with Crippen LogP contribution < -0.4 is 5.32 Å². The van der Waals surface area contributed by atoms with E-state index in [0.717, 1.165) is 23.3 Å². The fraction of sp³-hybridized carbons (Fsp3) is 0.154. The zero-order valence-electron chi connectivity index (χ0n) is 11.9. The van der Waals surface area contributed by atoms with Gasteiger partial charge in [-0.2, -0.15) is 18.3 Å². The molecule has 0 fully saturated rings. The molecule has 0 aliphatic carbocycles. The van der Waals surface area contributed by atoms with Gasteiger partial charge in [-0.1, -0.05) is 17.7 Å². The maximum atomic E-state index is 12.9. The lowest BCUT2D eigenvalue weighted by Gasteiger charge is -2.06. The number of hydrogen-bond donors (Lipinski definition) is 1. The summed E-state index contributed by atoms with van der Waals surface area (Å²) >= 11 is 8.32. The van der Waals surface area contributed by atoms with E-state index < -0.39 is 28.5 Å². The van der Waals surface area contributed by atoms with Crippen molar-refractivity contribution in [2.75, 3.05) is 5.32 Å². The average molecular weight is 393 g/mol. The quantitative estimate of drug-likeness (QED) is 0.712. The Morgan fingerprint density at radius 3 is 2.71 bits per heavy atom. The molecule has 0 aromatic carbocycles. The van der Waals surface area contributed by atoms with Gasteiger partial charge in [-0.3, -0.25) is 14.8 Å². The van der Waals surface area contributed by atoms with E-state index in [1.165, 1.54) is 11.3 Å². The Hall–Kier alpha value is -1.91. The number of halogens is 4. The molecule has 3 rings (SSSR count). The van der Waals surface area contributed by atoms with Gasteiger partial charge in [-0.15, -0.1) is 22.7 Å². The van der Waals surface area contributed by atoms with Crippen LogP contribution in [0.5, 0.6) is 0 Å². The molecule has 1 N–H and O–H groups in total. The minimum atomic E-state index is -4.70.